The summed E-state index contributed by atoms with van der Waals surface area (Å²) < 4.78 is 13.2. The van der Waals surface area contributed by atoms with E-state index < -0.39 is 0 Å². The second-order valence-corrected chi connectivity index (χ2v) is 13.8. The topological polar surface area (TPSA) is 77.8 Å². The van der Waals surface area contributed by atoms with Crippen molar-refractivity contribution in [3.05, 3.63) is 182 Å². The quantitative estimate of drug-likeness (QED) is 0.170. The average Bonchev–Trinajstić information content (AvgIpc) is 3.86. The third-order valence-electron chi connectivity index (χ3n) is 10.5. The molecule has 0 fully saturated rings. The maximum Gasteiger partial charge on any atom is 0.164 e. The molecule has 4 heterocycles. The fraction of sp³-hybridized carbons (Fsp3) is 0. The SMILES string of the molecule is c1ccc(-c2nc(-c3ccc(-c4ccc(-c5cccc6c5oc5ccccc56)c5oc6ccccc6c45)cc3)nc(-c3cccc(-c4cccnc4)c3)n2)cc1. The molecular formula is C50H30N4O2. The lowest BCUT2D eigenvalue weighted by atomic mass is 9.93. The minimum atomic E-state index is 0.598. The molecule has 6 heteroatoms. The van der Waals surface area contributed by atoms with E-state index in [2.05, 4.69) is 96.0 Å². The van der Waals surface area contributed by atoms with Crippen molar-refractivity contribution in [3.8, 4) is 67.5 Å². The van der Waals surface area contributed by atoms with E-state index in [1.54, 1.807) is 6.20 Å². The van der Waals surface area contributed by atoms with Crippen molar-refractivity contribution in [1.82, 2.24) is 19.9 Å². The first-order chi connectivity index (χ1) is 27.7. The van der Waals surface area contributed by atoms with Gasteiger partial charge in [0.15, 0.2) is 17.5 Å². The van der Waals surface area contributed by atoms with Crippen molar-refractivity contribution in [1.29, 1.82) is 0 Å². The molecule has 0 amide bonds. The molecule has 56 heavy (non-hydrogen) atoms. The van der Waals surface area contributed by atoms with Gasteiger partial charge >= 0.3 is 0 Å². The number of furan rings is 2. The fourth-order valence-corrected chi connectivity index (χ4v) is 7.76. The Morgan fingerprint density at radius 3 is 1.68 bits per heavy atom. The van der Waals surface area contributed by atoms with Gasteiger partial charge in [0.25, 0.3) is 0 Å². The molecule has 262 valence electrons. The average molecular weight is 719 g/mol. The first-order valence-corrected chi connectivity index (χ1v) is 18.5. The van der Waals surface area contributed by atoms with Gasteiger partial charge in [-0.1, -0.05) is 140 Å². The molecule has 11 rings (SSSR count). The summed E-state index contributed by atoms with van der Waals surface area (Å²) in [5.74, 6) is 1.81. The van der Waals surface area contributed by atoms with Crippen molar-refractivity contribution in [2.45, 2.75) is 0 Å². The minimum absolute atomic E-state index is 0.598. The van der Waals surface area contributed by atoms with E-state index in [0.717, 1.165) is 93.9 Å². The number of pyridine rings is 1. The maximum absolute atomic E-state index is 6.69. The van der Waals surface area contributed by atoms with Gasteiger partial charge < -0.3 is 8.83 Å². The van der Waals surface area contributed by atoms with Crippen molar-refractivity contribution in [3.63, 3.8) is 0 Å². The molecular weight excluding hydrogens is 689 g/mol. The number of nitrogens with zero attached hydrogens (tertiary/aromatic N) is 4. The number of fused-ring (bicyclic) bond motifs is 6. The highest BCUT2D eigenvalue weighted by molar-refractivity contribution is 6.18. The van der Waals surface area contributed by atoms with Crippen molar-refractivity contribution < 1.29 is 8.83 Å². The lowest BCUT2D eigenvalue weighted by molar-refractivity contribution is 0.665. The summed E-state index contributed by atoms with van der Waals surface area (Å²) in [6, 6.07) is 57.8. The molecule has 0 aliphatic carbocycles. The summed E-state index contributed by atoms with van der Waals surface area (Å²) in [6.45, 7) is 0. The summed E-state index contributed by atoms with van der Waals surface area (Å²) in [5.41, 5.74) is 12.3. The van der Waals surface area contributed by atoms with Crippen LogP contribution in [0.2, 0.25) is 0 Å². The van der Waals surface area contributed by atoms with Gasteiger partial charge in [-0.3, -0.25) is 4.98 Å². The molecule has 4 aromatic heterocycles. The molecule has 6 nitrogen and oxygen atoms in total. The van der Waals surface area contributed by atoms with Gasteiger partial charge in [-0.05, 0) is 47.0 Å². The predicted octanol–water partition coefficient (Wildman–Crippen LogP) is 13.1. The molecule has 0 unspecified atom stereocenters. The third kappa shape index (κ3) is 5.35. The Morgan fingerprint density at radius 2 is 0.893 bits per heavy atom. The molecule has 0 bridgehead atoms. The van der Waals surface area contributed by atoms with Crippen LogP contribution in [0.5, 0.6) is 0 Å². The van der Waals surface area contributed by atoms with Crippen LogP contribution in [0.1, 0.15) is 0 Å². The number of benzene rings is 7. The summed E-state index contributed by atoms with van der Waals surface area (Å²) in [6.07, 6.45) is 3.64. The zero-order chi connectivity index (χ0) is 37.0. The van der Waals surface area contributed by atoms with Gasteiger partial charge in [-0.25, -0.2) is 15.0 Å². The van der Waals surface area contributed by atoms with E-state index in [1.807, 2.05) is 85.1 Å². The van der Waals surface area contributed by atoms with Gasteiger partial charge in [0.1, 0.15) is 22.3 Å². The van der Waals surface area contributed by atoms with Crippen LogP contribution in [-0.2, 0) is 0 Å². The second kappa shape index (κ2) is 13.0. The smallest absolute Gasteiger partial charge is 0.164 e. The van der Waals surface area contributed by atoms with E-state index in [0.29, 0.717) is 17.5 Å². The van der Waals surface area contributed by atoms with Crippen molar-refractivity contribution >= 4 is 43.9 Å². The summed E-state index contributed by atoms with van der Waals surface area (Å²) in [4.78, 5) is 19.3. The van der Waals surface area contributed by atoms with E-state index in [1.165, 1.54) is 0 Å². The number of para-hydroxylation sites is 3. The molecule has 7 aromatic carbocycles. The lowest BCUT2D eigenvalue weighted by Crippen LogP contribution is -2.00. The largest absolute Gasteiger partial charge is 0.455 e. The Labute approximate surface area is 321 Å². The molecule has 0 spiro atoms. The minimum Gasteiger partial charge on any atom is -0.455 e. The van der Waals surface area contributed by atoms with Crippen molar-refractivity contribution in [2.75, 3.05) is 0 Å². The Kier molecular flexibility index (Phi) is 7.38. The highest BCUT2D eigenvalue weighted by atomic mass is 16.3. The van der Waals surface area contributed by atoms with Crippen molar-refractivity contribution in [2.24, 2.45) is 0 Å². The third-order valence-corrected chi connectivity index (χ3v) is 10.5. The summed E-state index contributed by atoms with van der Waals surface area (Å²) >= 11 is 0. The first-order valence-electron chi connectivity index (χ1n) is 18.5. The second-order valence-electron chi connectivity index (χ2n) is 13.8. The van der Waals surface area contributed by atoms with Gasteiger partial charge in [-0.2, -0.15) is 0 Å². The van der Waals surface area contributed by atoms with Gasteiger partial charge in [0, 0.05) is 67.3 Å². The molecule has 0 saturated heterocycles. The number of hydrogen-bond acceptors (Lipinski definition) is 6. The van der Waals surface area contributed by atoms with Gasteiger partial charge in [0.05, 0.1) is 0 Å². The molecule has 0 N–H and O–H groups in total. The normalized spacial score (nSPS) is 11.6. The van der Waals surface area contributed by atoms with E-state index in [-0.39, 0.29) is 0 Å². The monoisotopic (exact) mass is 718 g/mol. The summed E-state index contributed by atoms with van der Waals surface area (Å²) in [7, 11) is 0. The Morgan fingerprint density at radius 1 is 0.339 bits per heavy atom. The molecule has 0 aliphatic rings. The number of rotatable bonds is 6. The number of hydrogen-bond donors (Lipinski definition) is 0. The van der Waals surface area contributed by atoms with Crippen LogP contribution in [0.15, 0.2) is 191 Å². The predicted molar refractivity (Wildman–Crippen MR) is 225 cm³/mol. The molecule has 0 atom stereocenters. The number of aromatic nitrogens is 4. The standard InChI is InChI=1S/C50H30N4O2/c1-2-11-32(12-3-1)48-52-49(54-50(53-48)35-14-8-13-34(29-35)36-15-10-28-51-30-36)33-24-22-31(23-25-33)37-26-27-41(47-45(37)42-17-5-7-21-44(42)56-47)40-19-9-18-39-38-16-4-6-20-43(38)55-46(39)40/h1-30H. The highest BCUT2D eigenvalue weighted by Crippen LogP contribution is 2.44. The van der Waals surface area contributed by atoms with Gasteiger partial charge in [-0.15, -0.1) is 0 Å². The molecule has 11 aromatic rings. The van der Waals surface area contributed by atoms with Crippen LogP contribution in [0, 0.1) is 0 Å². The fourth-order valence-electron chi connectivity index (χ4n) is 7.76. The van der Waals surface area contributed by atoms with Crippen LogP contribution in [-0.4, -0.2) is 19.9 Å². The van der Waals surface area contributed by atoms with Crippen LogP contribution in [0.4, 0.5) is 0 Å². The van der Waals surface area contributed by atoms with Crippen LogP contribution >= 0.6 is 0 Å². The zero-order valence-electron chi connectivity index (χ0n) is 29.9. The molecule has 0 saturated carbocycles. The van der Waals surface area contributed by atoms with E-state index in [9.17, 15) is 0 Å². The zero-order valence-corrected chi connectivity index (χ0v) is 29.9. The van der Waals surface area contributed by atoms with Crippen LogP contribution in [0.25, 0.3) is 111 Å². The van der Waals surface area contributed by atoms with E-state index >= 15 is 0 Å². The summed E-state index contributed by atoms with van der Waals surface area (Å²) in [5, 5.41) is 4.30. The Bertz CT molecular complexity index is 3240. The Hall–Kier alpha value is -7.70. The van der Waals surface area contributed by atoms with Gasteiger partial charge in [0.2, 0.25) is 0 Å². The Balaban J connectivity index is 1.04. The highest BCUT2D eigenvalue weighted by Gasteiger charge is 2.21. The molecule has 0 radical (unpaired) electrons. The first kappa shape index (κ1) is 31.8. The lowest BCUT2D eigenvalue weighted by Gasteiger charge is -2.11. The van der Waals surface area contributed by atoms with E-state index in [4.69, 9.17) is 23.8 Å². The molecule has 0 aliphatic heterocycles. The van der Waals surface area contributed by atoms with Crippen LogP contribution in [0.3, 0.4) is 0 Å². The van der Waals surface area contributed by atoms with Crippen LogP contribution < -0.4 is 0 Å². The maximum atomic E-state index is 6.69.